The summed E-state index contributed by atoms with van der Waals surface area (Å²) in [6.07, 6.45) is 0.536. The number of nitrogens with zero attached hydrogens (tertiary/aromatic N) is 1. The summed E-state index contributed by atoms with van der Waals surface area (Å²) in [6.45, 7) is 0.495. The third-order valence-electron chi connectivity index (χ3n) is 4.47. The highest BCUT2D eigenvalue weighted by molar-refractivity contribution is 7.92. The summed E-state index contributed by atoms with van der Waals surface area (Å²) in [6, 6.07) is 8.28. The molecule has 0 bridgehead atoms. The topological polar surface area (TPSA) is 54.5 Å². The standard InChI is InChI=1S/C18H16ClF2NO3S/c19-17-11-13(21)3-6-16(17)18(23)22-9-7-15(8-10-22)26(24,25)14-4-1-12(20)2-5-14/h1-6,11,15H,7-10H2. The lowest BCUT2D eigenvalue weighted by Crippen LogP contribution is -2.42. The quantitative estimate of drug-likeness (QED) is 0.739. The lowest BCUT2D eigenvalue weighted by atomic mass is 10.1. The van der Waals surface area contributed by atoms with E-state index in [1.807, 2.05) is 0 Å². The minimum Gasteiger partial charge on any atom is -0.339 e. The number of amides is 1. The van der Waals surface area contributed by atoms with E-state index in [2.05, 4.69) is 0 Å². The zero-order valence-electron chi connectivity index (χ0n) is 13.7. The number of hydrogen-bond donors (Lipinski definition) is 0. The Balaban J connectivity index is 1.70. The van der Waals surface area contributed by atoms with Gasteiger partial charge in [-0.05, 0) is 55.3 Å². The van der Waals surface area contributed by atoms with Gasteiger partial charge in [-0.15, -0.1) is 0 Å². The van der Waals surface area contributed by atoms with Crippen LogP contribution in [0.5, 0.6) is 0 Å². The molecule has 0 spiro atoms. The van der Waals surface area contributed by atoms with Gasteiger partial charge in [0, 0.05) is 13.1 Å². The van der Waals surface area contributed by atoms with Crippen LogP contribution in [-0.2, 0) is 9.84 Å². The first-order chi connectivity index (χ1) is 12.3. The van der Waals surface area contributed by atoms with Gasteiger partial charge in [-0.2, -0.15) is 0 Å². The molecule has 1 amide bonds. The molecule has 1 saturated heterocycles. The largest absolute Gasteiger partial charge is 0.339 e. The second-order valence-electron chi connectivity index (χ2n) is 6.11. The number of halogens is 3. The fraction of sp³-hybridized carbons (Fsp3) is 0.278. The van der Waals surface area contributed by atoms with Crippen LogP contribution in [0.3, 0.4) is 0 Å². The van der Waals surface area contributed by atoms with E-state index in [0.717, 1.165) is 24.3 Å². The van der Waals surface area contributed by atoms with Crippen LogP contribution in [0.25, 0.3) is 0 Å². The van der Waals surface area contributed by atoms with Crippen molar-refractivity contribution >= 4 is 27.3 Å². The molecular formula is C18H16ClF2NO3S. The average Bonchev–Trinajstić information content (AvgIpc) is 2.62. The number of hydrogen-bond acceptors (Lipinski definition) is 3. The first-order valence-corrected chi connectivity index (χ1v) is 9.95. The van der Waals surface area contributed by atoms with Gasteiger partial charge in [0.1, 0.15) is 11.6 Å². The van der Waals surface area contributed by atoms with Gasteiger partial charge in [0.25, 0.3) is 5.91 Å². The van der Waals surface area contributed by atoms with Crippen LogP contribution in [0.4, 0.5) is 8.78 Å². The van der Waals surface area contributed by atoms with Gasteiger partial charge in [-0.3, -0.25) is 4.79 Å². The Kier molecular flexibility index (Phi) is 5.29. The molecule has 0 aromatic heterocycles. The van der Waals surface area contributed by atoms with Crippen molar-refractivity contribution in [2.45, 2.75) is 23.0 Å². The Morgan fingerprint density at radius 2 is 1.58 bits per heavy atom. The van der Waals surface area contributed by atoms with Crippen LogP contribution < -0.4 is 0 Å². The van der Waals surface area contributed by atoms with Crippen LogP contribution in [-0.4, -0.2) is 37.6 Å². The van der Waals surface area contributed by atoms with Crippen molar-refractivity contribution in [1.29, 1.82) is 0 Å². The highest BCUT2D eigenvalue weighted by Crippen LogP contribution is 2.27. The van der Waals surface area contributed by atoms with Crippen LogP contribution in [0.1, 0.15) is 23.2 Å². The summed E-state index contributed by atoms with van der Waals surface area (Å²) in [4.78, 5) is 14.1. The van der Waals surface area contributed by atoms with Crippen LogP contribution in [0, 0.1) is 11.6 Å². The van der Waals surface area contributed by atoms with Gasteiger partial charge < -0.3 is 4.90 Å². The number of likely N-dealkylation sites (tertiary alicyclic amines) is 1. The fourth-order valence-corrected chi connectivity index (χ4v) is 5.00. The molecule has 1 heterocycles. The van der Waals surface area contributed by atoms with E-state index in [0.29, 0.717) is 0 Å². The van der Waals surface area contributed by atoms with Gasteiger partial charge >= 0.3 is 0 Å². The van der Waals surface area contributed by atoms with Gasteiger partial charge in [-0.25, -0.2) is 17.2 Å². The van der Waals surface area contributed by atoms with E-state index < -0.39 is 26.7 Å². The fourth-order valence-electron chi connectivity index (χ4n) is 3.02. The Hall–Kier alpha value is -1.99. The molecule has 0 aliphatic carbocycles. The molecule has 0 atom stereocenters. The lowest BCUT2D eigenvalue weighted by Gasteiger charge is -2.32. The molecule has 0 radical (unpaired) electrons. The van der Waals surface area contributed by atoms with E-state index >= 15 is 0 Å². The molecule has 2 aromatic carbocycles. The third-order valence-corrected chi connectivity index (χ3v) is 7.06. The van der Waals surface area contributed by atoms with Crippen molar-refractivity contribution < 1.29 is 22.0 Å². The molecule has 8 heteroatoms. The molecule has 0 N–H and O–H groups in total. The monoisotopic (exact) mass is 399 g/mol. The molecule has 3 rings (SSSR count). The predicted molar refractivity (Wildman–Crippen MR) is 93.9 cm³/mol. The number of piperidine rings is 1. The number of benzene rings is 2. The zero-order chi connectivity index (χ0) is 18.9. The summed E-state index contributed by atoms with van der Waals surface area (Å²) >= 11 is 5.92. The summed E-state index contributed by atoms with van der Waals surface area (Å²) in [5.74, 6) is -1.39. The van der Waals surface area contributed by atoms with Gasteiger partial charge in [-0.1, -0.05) is 11.6 Å². The highest BCUT2D eigenvalue weighted by Gasteiger charge is 2.33. The molecule has 0 saturated carbocycles. The van der Waals surface area contributed by atoms with Crippen molar-refractivity contribution in [1.82, 2.24) is 4.90 Å². The Morgan fingerprint density at radius 3 is 2.15 bits per heavy atom. The van der Waals surface area contributed by atoms with Crippen molar-refractivity contribution in [2.75, 3.05) is 13.1 Å². The maximum Gasteiger partial charge on any atom is 0.255 e. The highest BCUT2D eigenvalue weighted by atomic mass is 35.5. The van der Waals surface area contributed by atoms with Crippen molar-refractivity contribution in [3.05, 3.63) is 64.7 Å². The second-order valence-corrected chi connectivity index (χ2v) is 8.75. The van der Waals surface area contributed by atoms with Crippen LogP contribution in [0.2, 0.25) is 5.02 Å². The van der Waals surface area contributed by atoms with Crippen LogP contribution in [0.15, 0.2) is 47.4 Å². The molecule has 26 heavy (non-hydrogen) atoms. The number of carbonyl (C=O) groups is 1. The van der Waals surface area contributed by atoms with Crippen molar-refractivity contribution in [3.63, 3.8) is 0 Å². The summed E-state index contributed by atoms with van der Waals surface area (Å²) in [5, 5.41) is -0.614. The minimum absolute atomic E-state index is 0.0241. The first-order valence-electron chi connectivity index (χ1n) is 8.03. The Morgan fingerprint density at radius 1 is 1.00 bits per heavy atom. The van der Waals surface area contributed by atoms with E-state index in [9.17, 15) is 22.0 Å². The SMILES string of the molecule is O=C(c1ccc(F)cc1Cl)N1CCC(S(=O)(=O)c2ccc(F)cc2)CC1. The number of rotatable bonds is 3. The normalized spacial score (nSPS) is 15.9. The molecule has 1 fully saturated rings. The van der Waals surface area contributed by atoms with Gasteiger partial charge in [0.15, 0.2) is 9.84 Å². The summed E-state index contributed by atoms with van der Waals surface area (Å²) in [5.41, 5.74) is 0.188. The Labute approximate surface area is 155 Å². The third kappa shape index (κ3) is 3.73. The minimum atomic E-state index is -3.59. The van der Waals surface area contributed by atoms with Gasteiger partial charge in [0.05, 0.1) is 20.7 Å². The summed E-state index contributed by atoms with van der Waals surface area (Å²) < 4.78 is 51.4. The molecule has 1 aliphatic rings. The summed E-state index contributed by atoms with van der Waals surface area (Å²) in [7, 11) is -3.59. The lowest BCUT2D eigenvalue weighted by molar-refractivity contribution is 0.0726. The van der Waals surface area contributed by atoms with E-state index in [1.54, 1.807) is 0 Å². The second kappa shape index (κ2) is 7.32. The van der Waals surface area contributed by atoms with E-state index in [1.165, 1.54) is 23.1 Å². The maximum atomic E-state index is 13.1. The molecule has 138 valence electrons. The number of sulfone groups is 1. The first kappa shape index (κ1) is 18.8. The number of carbonyl (C=O) groups excluding carboxylic acids is 1. The van der Waals surface area contributed by atoms with Gasteiger partial charge in [0.2, 0.25) is 0 Å². The average molecular weight is 400 g/mol. The van der Waals surface area contributed by atoms with Crippen LogP contribution >= 0.6 is 11.6 Å². The zero-order valence-corrected chi connectivity index (χ0v) is 15.2. The van der Waals surface area contributed by atoms with Crippen molar-refractivity contribution in [3.8, 4) is 0 Å². The molecule has 2 aromatic rings. The van der Waals surface area contributed by atoms with Crippen molar-refractivity contribution in [2.24, 2.45) is 0 Å². The molecule has 1 aliphatic heterocycles. The molecule has 0 unspecified atom stereocenters. The maximum absolute atomic E-state index is 13.1. The Bertz CT molecular complexity index is 924. The predicted octanol–water partition coefficient (Wildman–Crippen LogP) is 3.70. The molecule has 4 nitrogen and oxygen atoms in total. The van der Waals surface area contributed by atoms with E-state index in [4.69, 9.17) is 11.6 Å². The smallest absolute Gasteiger partial charge is 0.255 e. The molecular weight excluding hydrogens is 384 g/mol. The van der Waals surface area contributed by atoms with E-state index in [-0.39, 0.29) is 47.3 Å².